The van der Waals surface area contributed by atoms with Gasteiger partial charge in [-0.3, -0.25) is 0 Å². The Kier molecular flexibility index (Phi) is 4.46. The normalized spacial score (nSPS) is 15.3. The lowest BCUT2D eigenvalue weighted by Crippen LogP contribution is -2.46. The fourth-order valence-corrected chi connectivity index (χ4v) is 3.32. The van der Waals surface area contributed by atoms with E-state index < -0.39 is 0 Å². The van der Waals surface area contributed by atoms with Crippen molar-refractivity contribution < 1.29 is 0 Å². The summed E-state index contributed by atoms with van der Waals surface area (Å²) in [5.74, 6) is 0. The third-order valence-electron chi connectivity index (χ3n) is 3.94. The summed E-state index contributed by atoms with van der Waals surface area (Å²) in [7, 11) is 0. The van der Waals surface area contributed by atoms with Gasteiger partial charge in [-0.2, -0.15) is 0 Å². The van der Waals surface area contributed by atoms with Gasteiger partial charge in [0.15, 0.2) is 0 Å². The van der Waals surface area contributed by atoms with Crippen molar-refractivity contribution in [3.63, 3.8) is 0 Å². The van der Waals surface area contributed by atoms with E-state index in [2.05, 4.69) is 74.3 Å². The SMILES string of the molecule is NCc1cc(Br)cc(N2CCN(c3ccccc3)CC2)c1. The van der Waals surface area contributed by atoms with Crippen molar-refractivity contribution in [2.24, 2.45) is 5.73 Å². The van der Waals surface area contributed by atoms with Gasteiger partial charge in [-0.25, -0.2) is 0 Å². The van der Waals surface area contributed by atoms with Gasteiger partial charge in [-0.1, -0.05) is 34.1 Å². The molecule has 110 valence electrons. The van der Waals surface area contributed by atoms with E-state index in [0.717, 1.165) is 30.7 Å². The minimum absolute atomic E-state index is 0.580. The highest BCUT2D eigenvalue weighted by atomic mass is 79.9. The molecule has 0 bridgehead atoms. The Morgan fingerprint density at radius 2 is 1.48 bits per heavy atom. The van der Waals surface area contributed by atoms with Crippen LogP contribution in [0.15, 0.2) is 53.0 Å². The highest BCUT2D eigenvalue weighted by Gasteiger charge is 2.17. The maximum Gasteiger partial charge on any atom is 0.0382 e. The summed E-state index contributed by atoms with van der Waals surface area (Å²) in [6, 6.07) is 17.1. The van der Waals surface area contributed by atoms with E-state index in [4.69, 9.17) is 5.73 Å². The van der Waals surface area contributed by atoms with Gasteiger partial charge in [-0.05, 0) is 35.9 Å². The summed E-state index contributed by atoms with van der Waals surface area (Å²) >= 11 is 3.58. The molecule has 1 fully saturated rings. The molecule has 0 atom stereocenters. The van der Waals surface area contributed by atoms with Gasteiger partial charge in [-0.15, -0.1) is 0 Å². The molecule has 21 heavy (non-hydrogen) atoms. The predicted molar refractivity (Wildman–Crippen MR) is 92.9 cm³/mol. The van der Waals surface area contributed by atoms with E-state index in [1.54, 1.807) is 0 Å². The average molecular weight is 346 g/mol. The molecule has 1 heterocycles. The first-order chi connectivity index (χ1) is 10.3. The number of benzene rings is 2. The van der Waals surface area contributed by atoms with Crippen molar-refractivity contribution in [1.29, 1.82) is 0 Å². The maximum absolute atomic E-state index is 5.77. The van der Waals surface area contributed by atoms with Crippen LogP contribution in [-0.4, -0.2) is 26.2 Å². The second kappa shape index (κ2) is 6.50. The zero-order valence-electron chi connectivity index (χ0n) is 12.0. The zero-order chi connectivity index (χ0) is 14.7. The van der Waals surface area contributed by atoms with Crippen LogP contribution >= 0.6 is 15.9 Å². The first kappa shape index (κ1) is 14.4. The fraction of sp³-hybridized carbons (Fsp3) is 0.294. The second-order valence-corrected chi connectivity index (χ2v) is 6.25. The molecule has 2 aromatic rings. The Morgan fingerprint density at radius 1 is 0.857 bits per heavy atom. The number of nitrogens with two attached hydrogens (primary N) is 1. The highest BCUT2D eigenvalue weighted by molar-refractivity contribution is 9.10. The molecule has 0 aromatic heterocycles. The molecule has 4 heteroatoms. The molecular formula is C17H20BrN3. The summed E-state index contributed by atoms with van der Waals surface area (Å²) in [6.07, 6.45) is 0. The first-order valence-electron chi connectivity index (χ1n) is 7.31. The van der Waals surface area contributed by atoms with Crippen LogP contribution in [0.1, 0.15) is 5.56 Å². The average Bonchev–Trinajstić information content (AvgIpc) is 2.55. The van der Waals surface area contributed by atoms with E-state index >= 15 is 0 Å². The minimum Gasteiger partial charge on any atom is -0.368 e. The largest absolute Gasteiger partial charge is 0.368 e. The van der Waals surface area contributed by atoms with E-state index in [0.29, 0.717) is 6.54 Å². The van der Waals surface area contributed by atoms with Crippen LogP contribution in [0.4, 0.5) is 11.4 Å². The van der Waals surface area contributed by atoms with Gasteiger partial charge >= 0.3 is 0 Å². The van der Waals surface area contributed by atoms with E-state index in [1.807, 2.05) is 0 Å². The van der Waals surface area contributed by atoms with Crippen molar-refractivity contribution in [3.8, 4) is 0 Å². The van der Waals surface area contributed by atoms with Gasteiger partial charge in [0.25, 0.3) is 0 Å². The van der Waals surface area contributed by atoms with Gasteiger partial charge in [0, 0.05) is 48.6 Å². The number of rotatable bonds is 3. The number of para-hydroxylation sites is 1. The number of piperazine rings is 1. The molecule has 0 amide bonds. The van der Waals surface area contributed by atoms with Crippen LogP contribution in [0.25, 0.3) is 0 Å². The standard InChI is InChI=1S/C17H20BrN3/c18-15-10-14(13-19)11-17(12-15)21-8-6-20(7-9-21)16-4-2-1-3-5-16/h1-5,10-12H,6-9,13,19H2. The summed E-state index contributed by atoms with van der Waals surface area (Å²) in [6.45, 7) is 4.75. The van der Waals surface area contributed by atoms with Crippen molar-refractivity contribution >= 4 is 27.3 Å². The molecule has 0 radical (unpaired) electrons. The van der Waals surface area contributed by atoms with Gasteiger partial charge in [0.05, 0.1) is 0 Å². The van der Waals surface area contributed by atoms with Gasteiger partial charge in [0.1, 0.15) is 0 Å². The smallest absolute Gasteiger partial charge is 0.0382 e. The van der Waals surface area contributed by atoms with Gasteiger partial charge in [0.2, 0.25) is 0 Å². The van der Waals surface area contributed by atoms with E-state index in [9.17, 15) is 0 Å². The van der Waals surface area contributed by atoms with Crippen molar-refractivity contribution in [1.82, 2.24) is 0 Å². The number of hydrogen-bond donors (Lipinski definition) is 1. The Hall–Kier alpha value is -1.52. The third-order valence-corrected chi connectivity index (χ3v) is 4.40. The number of anilines is 2. The second-order valence-electron chi connectivity index (χ2n) is 5.33. The van der Waals surface area contributed by atoms with Crippen LogP contribution in [-0.2, 0) is 6.54 Å². The number of halogens is 1. The van der Waals surface area contributed by atoms with Crippen LogP contribution in [0.2, 0.25) is 0 Å². The van der Waals surface area contributed by atoms with Crippen molar-refractivity contribution in [3.05, 3.63) is 58.6 Å². The molecule has 3 rings (SSSR count). The van der Waals surface area contributed by atoms with E-state index in [1.165, 1.54) is 16.9 Å². The van der Waals surface area contributed by atoms with Crippen molar-refractivity contribution in [2.45, 2.75) is 6.54 Å². The lowest BCUT2D eigenvalue weighted by molar-refractivity contribution is 0.653. The molecule has 1 aliphatic heterocycles. The van der Waals surface area contributed by atoms with E-state index in [-0.39, 0.29) is 0 Å². The molecule has 0 spiro atoms. The molecule has 0 saturated carbocycles. The molecule has 1 saturated heterocycles. The molecule has 2 N–H and O–H groups in total. The predicted octanol–water partition coefficient (Wildman–Crippen LogP) is 3.23. The van der Waals surface area contributed by atoms with Crippen LogP contribution in [0.3, 0.4) is 0 Å². The Bertz CT molecular complexity index is 592. The molecule has 2 aromatic carbocycles. The number of nitrogens with zero attached hydrogens (tertiary/aromatic N) is 2. The molecule has 3 nitrogen and oxygen atoms in total. The third kappa shape index (κ3) is 3.39. The first-order valence-corrected chi connectivity index (χ1v) is 8.10. The van der Waals surface area contributed by atoms with Crippen molar-refractivity contribution in [2.75, 3.05) is 36.0 Å². The van der Waals surface area contributed by atoms with Crippen LogP contribution in [0, 0.1) is 0 Å². The summed E-state index contributed by atoms with van der Waals surface area (Å²) in [5.41, 5.74) is 9.51. The Balaban J connectivity index is 1.70. The topological polar surface area (TPSA) is 32.5 Å². The number of hydrogen-bond acceptors (Lipinski definition) is 3. The maximum atomic E-state index is 5.77. The lowest BCUT2D eigenvalue weighted by Gasteiger charge is -2.37. The quantitative estimate of drug-likeness (QED) is 0.926. The fourth-order valence-electron chi connectivity index (χ4n) is 2.80. The summed E-state index contributed by atoms with van der Waals surface area (Å²) in [5, 5.41) is 0. The summed E-state index contributed by atoms with van der Waals surface area (Å²) < 4.78 is 1.10. The zero-order valence-corrected chi connectivity index (χ0v) is 13.6. The molecule has 0 unspecified atom stereocenters. The summed E-state index contributed by atoms with van der Waals surface area (Å²) in [4.78, 5) is 4.88. The van der Waals surface area contributed by atoms with Gasteiger partial charge < -0.3 is 15.5 Å². The highest BCUT2D eigenvalue weighted by Crippen LogP contribution is 2.25. The monoisotopic (exact) mass is 345 g/mol. The van der Waals surface area contributed by atoms with Crippen LogP contribution in [0.5, 0.6) is 0 Å². The Labute approximate surface area is 134 Å². The van der Waals surface area contributed by atoms with Crippen LogP contribution < -0.4 is 15.5 Å². The molecule has 0 aliphatic carbocycles. The molecular weight excluding hydrogens is 326 g/mol. The lowest BCUT2D eigenvalue weighted by atomic mass is 10.1. The minimum atomic E-state index is 0.580. The molecule has 1 aliphatic rings. The Morgan fingerprint density at radius 3 is 2.10 bits per heavy atom.